The van der Waals surface area contributed by atoms with E-state index in [1.54, 1.807) is 0 Å². The van der Waals surface area contributed by atoms with Crippen LogP contribution in [-0.2, 0) is 23.8 Å². The van der Waals surface area contributed by atoms with Crippen molar-refractivity contribution >= 4 is 11.9 Å². The number of aliphatic hydroxyl groups excluding tert-OH is 5. The Morgan fingerprint density at radius 3 is 2.45 bits per heavy atom. The first-order valence-corrected chi connectivity index (χ1v) is 13.8. The SMILES string of the molecule is C=C1[C@H]2C[C@H](O)[C@H]3[C@]4(C)CCC[C@@](C)(C(=O)O[C@@H]5O[C@H](COC(C)=O)[C@@H](O)[C@H](O)[C@H]5O)[C@H]4CC[C@]3(C2)[C@@H]1O. The lowest BCUT2D eigenvalue weighted by atomic mass is 9.40. The van der Waals surface area contributed by atoms with Gasteiger partial charge in [0, 0.05) is 12.3 Å². The van der Waals surface area contributed by atoms with Crippen LogP contribution < -0.4 is 0 Å². The summed E-state index contributed by atoms with van der Waals surface area (Å²) >= 11 is 0. The summed E-state index contributed by atoms with van der Waals surface area (Å²) in [6.45, 7) is 8.96. The largest absolute Gasteiger partial charge is 0.463 e. The van der Waals surface area contributed by atoms with Crippen LogP contribution in [0.1, 0.15) is 65.7 Å². The van der Waals surface area contributed by atoms with Gasteiger partial charge in [0.05, 0.1) is 17.6 Å². The summed E-state index contributed by atoms with van der Waals surface area (Å²) in [6, 6.07) is 0. The number of carbonyl (C=O) groups excluding carboxylic acids is 2. The summed E-state index contributed by atoms with van der Waals surface area (Å²) in [4.78, 5) is 25.1. The van der Waals surface area contributed by atoms with Gasteiger partial charge in [0.15, 0.2) is 0 Å². The van der Waals surface area contributed by atoms with E-state index in [2.05, 4.69) is 13.5 Å². The van der Waals surface area contributed by atoms with Crippen LogP contribution in [0.25, 0.3) is 0 Å². The van der Waals surface area contributed by atoms with Crippen LogP contribution in [0.4, 0.5) is 0 Å². The van der Waals surface area contributed by atoms with Gasteiger partial charge in [-0.3, -0.25) is 9.59 Å². The molecule has 2 bridgehead atoms. The van der Waals surface area contributed by atoms with Crippen molar-refractivity contribution in [3.05, 3.63) is 12.2 Å². The first-order valence-electron chi connectivity index (χ1n) is 13.8. The van der Waals surface area contributed by atoms with Crippen molar-refractivity contribution in [2.75, 3.05) is 6.61 Å². The highest BCUT2D eigenvalue weighted by atomic mass is 16.7. The van der Waals surface area contributed by atoms with Gasteiger partial charge in [-0.15, -0.1) is 0 Å². The van der Waals surface area contributed by atoms with Crippen molar-refractivity contribution < 1.29 is 49.3 Å². The molecule has 214 valence electrons. The third-order valence-corrected chi connectivity index (χ3v) is 11.0. The Labute approximate surface area is 223 Å². The average Bonchev–Trinajstić information content (AvgIpc) is 3.03. The monoisotopic (exact) mass is 538 g/mol. The number of esters is 2. The van der Waals surface area contributed by atoms with E-state index < -0.39 is 71.1 Å². The fourth-order valence-electron chi connectivity index (χ4n) is 9.31. The number of rotatable bonds is 4. The normalized spacial score (nSPS) is 52.1. The molecule has 0 aromatic heterocycles. The third kappa shape index (κ3) is 3.97. The number of fused-ring (bicyclic) bond motifs is 3. The molecule has 4 saturated carbocycles. The van der Waals surface area contributed by atoms with Crippen molar-refractivity contribution in [1.82, 2.24) is 0 Å². The van der Waals surface area contributed by atoms with Crippen LogP contribution in [0, 0.1) is 34.0 Å². The van der Waals surface area contributed by atoms with Crippen LogP contribution in [0.5, 0.6) is 0 Å². The van der Waals surface area contributed by atoms with E-state index in [4.69, 9.17) is 14.2 Å². The van der Waals surface area contributed by atoms with Gasteiger partial charge < -0.3 is 39.7 Å². The standard InChI is InChI=1S/C28H42O10/c1-13-15-10-16(30)22-26(3)7-5-8-27(4,18(26)6-9-28(22,11-15)23(13)34)25(35)38-24-21(33)20(32)19(31)17(37-24)12-36-14(2)29/h15-24,30-34H,1,5-12H2,2-4H3/t15-,16-,17+,18-,19+,20-,21+,22-,23+,24-,26+,27+,28+/m0/s1. The smallest absolute Gasteiger partial charge is 0.314 e. The number of hydrogen-bond donors (Lipinski definition) is 5. The van der Waals surface area contributed by atoms with Crippen LogP contribution in [-0.4, -0.2) is 87.0 Å². The van der Waals surface area contributed by atoms with Crippen molar-refractivity contribution in [1.29, 1.82) is 0 Å². The molecule has 0 aromatic rings. The molecule has 5 aliphatic rings. The predicted molar refractivity (Wildman–Crippen MR) is 132 cm³/mol. The van der Waals surface area contributed by atoms with Crippen LogP contribution in [0.15, 0.2) is 12.2 Å². The summed E-state index contributed by atoms with van der Waals surface area (Å²) in [5, 5.41) is 53.8. The Morgan fingerprint density at radius 2 is 1.76 bits per heavy atom. The maximum absolute atomic E-state index is 13.8. The molecule has 5 rings (SSSR count). The zero-order chi connectivity index (χ0) is 27.8. The zero-order valence-electron chi connectivity index (χ0n) is 22.4. The molecule has 0 aromatic carbocycles. The maximum atomic E-state index is 13.8. The van der Waals surface area contributed by atoms with E-state index in [9.17, 15) is 35.1 Å². The van der Waals surface area contributed by atoms with Gasteiger partial charge in [0.2, 0.25) is 6.29 Å². The fraction of sp³-hybridized carbons (Fsp3) is 0.857. The maximum Gasteiger partial charge on any atom is 0.314 e. The Kier molecular flexibility index (Phi) is 7.01. The van der Waals surface area contributed by atoms with Gasteiger partial charge >= 0.3 is 11.9 Å². The molecule has 0 amide bonds. The van der Waals surface area contributed by atoms with Crippen molar-refractivity contribution in [2.45, 2.75) is 109 Å². The molecule has 1 spiro atoms. The Bertz CT molecular complexity index is 985. The molecular weight excluding hydrogens is 496 g/mol. The lowest BCUT2D eigenvalue weighted by Gasteiger charge is -2.64. The molecule has 0 radical (unpaired) electrons. The van der Waals surface area contributed by atoms with E-state index in [1.165, 1.54) is 6.92 Å². The molecule has 1 aliphatic heterocycles. The molecule has 5 N–H and O–H groups in total. The van der Waals surface area contributed by atoms with Crippen molar-refractivity contribution in [2.24, 2.45) is 34.0 Å². The summed E-state index contributed by atoms with van der Waals surface area (Å²) in [7, 11) is 0. The quantitative estimate of drug-likeness (QED) is 0.256. The molecule has 5 fully saturated rings. The topological polar surface area (TPSA) is 163 Å². The highest BCUT2D eigenvalue weighted by Gasteiger charge is 2.70. The number of ether oxygens (including phenoxy) is 3. The second-order valence-electron chi connectivity index (χ2n) is 13.0. The van der Waals surface area contributed by atoms with E-state index in [0.717, 1.165) is 24.8 Å². The molecule has 4 aliphatic carbocycles. The fourth-order valence-corrected chi connectivity index (χ4v) is 9.31. The summed E-state index contributed by atoms with van der Waals surface area (Å²) in [5.74, 6) is -1.41. The number of carbonyl (C=O) groups is 2. The second kappa shape index (κ2) is 9.52. The zero-order valence-corrected chi connectivity index (χ0v) is 22.4. The van der Waals surface area contributed by atoms with Gasteiger partial charge in [-0.2, -0.15) is 0 Å². The molecule has 10 heteroatoms. The third-order valence-electron chi connectivity index (χ3n) is 11.0. The van der Waals surface area contributed by atoms with Crippen LogP contribution in [0.3, 0.4) is 0 Å². The van der Waals surface area contributed by atoms with Gasteiger partial charge in [-0.25, -0.2) is 0 Å². The molecular formula is C28H42O10. The first kappa shape index (κ1) is 28.0. The number of hydrogen-bond acceptors (Lipinski definition) is 10. The Balaban J connectivity index is 1.38. The minimum atomic E-state index is -1.69. The Hall–Kier alpha value is -1.56. The molecule has 10 nitrogen and oxygen atoms in total. The van der Waals surface area contributed by atoms with Gasteiger partial charge in [0.25, 0.3) is 0 Å². The molecule has 1 heterocycles. The van der Waals surface area contributed by atoms with E-state index in [-0.39, 0.29) is 24.4 Å². The molecule has 1 saturated heterocycles. The minimum Gasteiger partial charge on any atom is -0.463 e. The van der Waals surface area contributed by atoms with Crippen molar-refractivity contribution in [3.8, 4) is 0 Å². The highest BCUT2D eigenvalue weighted by Crippen LogP contribution is 2.72. The average molecular weight is 539 g/mol. The summed E-state index contributed by atoms with van der Waals surface area (Å²) in [6.07, 6.45) is -4.08. The van der Waals surface area contributed by atoms with Gasteiger partial charge in [-0.05, 0) is 74.2 Å². The molecule has 38 heavy (non-hydrogen) atoms. The Morgan fingerprint density at radius 1 is 1.05 bits per heavy atom. The van der Waals surface area contributed by atoms with E-state index >= 15 is 0 Å². The lowest BCUT2D eigenvalue weighted by molar-refractivity contribution is -0.299. The van der Waals surface area contributed by atoms with Crippen molar-refractivity contribution in [3.63, 3.8) is 0 Å². The summed E-state index contributed by atoms with van der Waals surface area (Å²) < 4.78 is 16.2. The van der Waals surface area contributed by atoms with E-state index in [1.807, 2.05) is 6.92 Å². The van der Waals surface area contributed by atoms with Gasteiger partial charge in [-0.1, -0.05) is 19.9 Å². The highest BCUT2D eigenvalue weighted by molar-refractivity contribution is 5.77. The molecule has 0 unspecified atom stereocenters. The minimum absolute atomic E-state index is 0.114. The number of aliphatic hydroxyl groups is 5. The van der Waals surface area contributed by atoms with Crippen LogP contribution in [0.2, 0.25) is 0 Å². The van der Waals surface area contributed by atoms with Gasteiger partial charge in [0.1, 0.15) is 31.0 Å². The predicted octanol–water partition coefficient (Wildman–Crippen LogP) is 0.811. The van der Waals surface area contributed by atoms with E-state index in [0.29, 0.717) is 25.7 Å². The molecule has 13 atom stereocenters. The first-order chi connectivity index (χ1) is 17.8. The second-order valence-corrected chi connectivity index (χ2v) is 13.0. The summed E-state index contributed by atoms with van der Waals surface area (Å²) in [5.41, 5.74) is -1.01. The lowest BCUT2D eigenvalue weighted by Crippen LogP contribution is -2.64. The van der Waals surface area contributed by atoms with Crippen LogP contribution >= 0.6 is 0 Å².